The first-order valence-electron chi connectivity index (χ1n) is 7.68. The molecule has 0 unspecified atom stereocenters. The van der Waals surface area contributed by atoms with Gasteiger partial charge in [0, 0.05) is 21.8 Å². The fourth-order valence-corrected chi connectivity index (χ4v) is 2.32. The first-order chi connectivity index (χ1) is 12.5. The van der Waals surface area contributed by atoms with E-state index in [0.29, 0.717) is 0 Å². The molecule has 2 aromatic rings. The standard InChI is InChI=1S/C18H16Br2N4O2/c19-15-5-1-13(2-6-15)11-21-23-17(25)9-10-18(26)24-22-12-14-3-7-16(20)8-4-14/h1-8,11-12H,9-10H2,(H,23,25)(H,24,26)/b21-11-,22-12-. The van der Waals surface area contributed by atoms with E-state index in [1.54, 1.807) is 0 Å². The van der Waals surface area contributed by atoms with Crippen LogP contribution < -0.4 is 10.9 Å². The van der Waals surface area contributed by atoms with Crippen LogP contribution in [-0.4, -0.2) is 24.2 Å². The normalized spacial score (nSPS) is 11.0. The van der Waals surface area contributed by atoms with E-state index >= 15 is 0 Å². The summed E-state index contributed by atoms with van der Waals surface area (Å²) in [6, 6.07) is 14.9. The number of benzene rings is 2. The van der Waals surface area contributed by atoms with Crippen molar-refractivity contribution in [3.05, 3.63) is 68.6 Å². The molecule has 0 aromatic heterocycles. The van der Waals surface area contributed by atoms with Gasteiger partial charge in [0.25, 0.3) is 0 Å². The van der Waals surface area contributed by atoms with Gasteiger partial charge >= 0.3 is 0 Å². The van der Waals surface area contributed by atoms with E-state index in [0.717, 1.165) is 20.1 Å². The number of hydrazone groups is 2. The Labute approximate surface area is 168 Å². The maximum atomic E-state index is 11.7. The molecule has 2 aromatic carbocycles. The van der Waals surface area contributed by atoms with Gasteiger partial charge in [-0.15, -0.1) is 0 Å². The highest BCUT2D eigenvalue weighted by atomic mass is 79.9. The highest BCUT2D eigenvalue weighted by Crippen LogP contribution is 2.09. The van der Waals surface area contributed by atoms with E-state index in [2.05, 4.69) is 52.9 Å². The van der Waals surface area contributed by atoms with Crippen molar-refractivity contribution in [2.75, 3.05) is 0 Å². The molecule has 26 heavy (non-hydrogen) atoms. The van der Waals surface area contributed by atoms with Gasteiger partial charge in [-0.3, -0.25) is 9.59 Å². The molecular formula is C18H16Br2N4O2. The van der Waals surface area contributed by atoms with E-state index < -0.39 is 0 Å². The van der Waals surface area contributed by atoms with E-state index in [1.165, 1.54) is 12.4 Å². The third-order valence-corrected chi connectivity index (χ3v) is 4.18. The Morgan fingerprint density at radius 2 is 1.08 bits per heavy atom. The van der Waals surface area contributed by atoms with Gasteiger partial charge in [0.05, 0.1) is 12.4 Å². The molecule has 0 saturated carbocycles. The van der Waals surface area contributed by atoms with Gasteiger partial charge in [0.15, 0.2) is 0 Å². The monoisotopic (exact) mass is 478 g/mol. The fraction of sp³-hybridized carbons (Fsp3) is 0.111. The van der Waals surface area contributed by atoms with Crippen molar-refractivity contribution in [2.45, 2.75) is 12.8 Å². The lowest BCUT2D eigenvalue weighted by atomic mass is 10.2. The molecule has 0 radical (unpaired) electrons. The molecule has 2 N–H and O–H groups in total. The summed E-state index contributed by atoms with van der Waals surface area (Å²) < 4.78 is 1.93. The number of hydrogen-bond acceptors (Lipinski definition) is 4. The molecule has 0 aliphatic rings. The van der Waals surface area contributed by atoms with Crippen LogP contribution in [0, 0.1) is 0 Å². The number of halogens is 2. The van der Waals surface area contributed by atoms with Crippen molar-refractivity contribution in [2.24, 2.45) is 10.2 Å². The summed E-state index contributed by atoms with van der Waals surface area (Å²) >= 11 is 6.68. The van der Waals surface area contributed by atoms with Gasteiger partial charge in [0.2, 0.25) is 11.8 Å². The van der Waals surface area contributed by atoms with E-state index in [1.807, 2.05) is 48.5 Å². The van der Waals surface area contributed by atoms with Crippen molar-refractivity contribution >= 4 is 56.1 Å². The van der Waals surface area contributed by atoms with Crippen molar-refractivity contribution in [3.63, 3.8) is 0 Å². The van der Waals surface area contributed by atoms with E-state index in [4.69, 9.17) is 0 Å². The smallest absolute Gasteiger partial charge is 0.240 e. The molecule has 8 heteroatoms. The summed E-state index contributed by atoms with van der Waals surface area (Å²) in [4.78, 5) is 23.3. The largest absolute Gasteiger partial charge is 0.273 e. The molecule has 2 rings (SSSR count). The molecule has 134 valence electrons. The van der Waals surface area contributed by atoms with Gasteiger partial charge in [-0.1, -0.05) is 56.1 Å². The second-order valence-corrected chi connectivity index (χ2v) is 7.02. The number of amides is 2. The highest BCUT2D eigenvalue weighted by Gasteiger charge is 2.05. The fourth-order valence-electron chi connectivity index (χ4n) is 1.79. The molecule has 0 spiro atoms. The van der Waals surface area contributed by atoms with Gasteiger partial charge < -0.3 is 0 Å². The van der Waals surface area contributed by atoms with Crippen LogP contribution in [0.2, 0.25) is 0 Å². The summed E-state index contributed by atoms with van der Waals surface area (Å²) in [7, 11) is 0. The van der Waals surface area contributed by atoms with Crippen LogP contribution in [0.3, 0.4) is 0 Å². The third kappa shape index (κ3) is 7.71. The number of carbonyl (C=O) groups excluding carboxylic acids is 2. The molecule has 0 aliphatic carbocycles. The molecule has 0 saturated heterocycles. The number of nitrogens with one attached hydrogen (secondary N) is 2. The Morgan fingerprint density at radius 1 is 0.731 bits per heavy atom. The van der Waals surface area contributed by atoms with Gasteiger partial charge in [-0.2, -0.15) is 10.2 Å². The maximum Gasteiger partial charge on any atom is 0.240 e. The SMILES string of the molecule is O=C(CCC(=O)N/N=C\c1ccc(Br)cc1)N/N=C\c1ccc(Br)cc1. The Bertz CT molecular complexity index is 733. The first-order valence-corrected chi connectivity index (χ1v) is 9.26. The quantitative estimate of drug-likeness (QED) is 0.469. The summed E-state index contributed by atoms with van der Waals surface area (Å²) in [5, 5.41) is 7.71. The Morgan fingerprint density at radius 3 is 1.42 bits per heavy atom. The predicted molar refractivity (Wildman–Crippen MR) is 109 cm³/mol. The second-order valence-electron chi connectivity index (χ2n) is 5.19. The van der Waals surface area contributed by atoms with E-state index in [9.17, 15) is 9.59 Å². The van der Waals surface area contributed by atoms with Crippen molar-refractivity contribution in [3.8, 4) is 0 Å². The van der Waals surface area contributed by atoms with Crippen LogP contribution in [0.5, 0.6) is 0 Å². The van der Waals surface area contributed by atoms with E-state index in [-0.39, 0.29) is 24.7 Å². The molecule has 0 fully saturated rings. The summed E-state index contributed by atoms with van der Waals surface area (Å²) in [6.07, 6.45) is 3.12. The lowest BCUT2D eigenvalue weighted by Gasteiger charge is -2.00. The highest BCUT2D eigenvalue weighted by molar-refractivity contribution is 9.10. The summed E-state index contributed by atoms with van der Waals surface area (Å²) in [5.41, 5.74) is 6.48. The van der Waals surface area contributed by atoms with Gasteiger partial charge in [-0.25, -0.2) is 10.9 Å². The number of hydrogen-bond donors (Lipinski definition) is 2. The van der Waals surface area contributed by atoms with Crippen LogP contribution in [0.25, 0.3) is 0 Å². The van der Waals surface area contributed by atoms with Crippen LogP contribution in [-0.2, 0) is 9.59 Å². The zero-order chi connectivity index (χ0) is 18.8. The summed E-state index contributed by atoms with van der Waals surface area (Å²) in [5.74, 6) is -0.684. The Balaban J connectivity index is 1.67. The lowest BCUT2D eigenvalue weighted by Crippen LogP contribution is -2.22. The van der Waals surface area contributed by atoms with Crippen LogP contribution in [0.15, 0.2) is 67.7 Å². The van der Waals surface area contributed by atoms with Gasteiger partial charge in [0.1, 0.15) is 0 Å². The van der Waals surface area contributed by atoms with Crippen LogP contribution >= 0.6 is 31.9 Å². The molecule has 0 aliphatic heterocycles. The number of carbonyl (C=O) groups is 2. The maximum absolute atomic E-state index is 11.7. The van der Waals surface area contributed by atoms with Crippen molar-refractivity contribution in [1.29, 1.82) is 0 Å². The second kappa shape index (κ2) is 10.6. The molecule has 0 atom stereocenters. The minimum atomic E-state index is -0.342. The number of rotatable bonds is 7. The Hall–Kier alpha value is -2.32. The van der Waals surface area contributed by atoms with Crippen LogP contribution in [0.1, 0.15) is 24.0 Å². The predicted octanol–water partition coefficient (Wildman–Crippen LogP) is 3.59. The average Bonchev–Trinajstić information content (AvgIpc) is 2.63. The average molecular weight is 480 g/mol. The minimum Gasteiger partial charge on any atom is -0.273 e. The summed E-state index contributed by atoms with van der Waals surface area (Å²) in [6.45, 7) is 0. The molecular weight excluding hydrogens is 464 g/mol. The lowest BCUT2D eigenvalue weighted by molar-refractivity contribution is -0.126. The molecule has 0 bridgehead atoms. The third-order valence-electron chi connectivity index (χ3n) is 3.12. The molecule has 2 amide bonds. The zero-order valence-electron chi connectivity index (χ0n) is 13.7. The van der Waals surface area contributed by atoms with Crippen molar-refractivity contribution in [1.82, 2.24) is 10.9 Å². The van der Waals surface area contributed by atoms with Crippen LogP contribution in [0.4, 0.5) is 0 Å². The minimum absolute atomic E-state index is 0.0251. The number of nitrogens with zero attached hydrogens (tertiary/aromatic N) is 2. The molecule has 6 nitrogen and oxygen atoms in total. The van der Waals surface area contributed by atoms with Gasteiger partial charge in [-0.05, 0) is 35.4 Å². The topological polar surface area (TPSA) is 82.9 Å². The zero-order valence-corrected chi connectivity index (χ0v) is 16.8. The molecule has 0 heterocycles. The Kier molecular flexibility index (Phi) is 8.17. The van der Waals surface area contributed by atoms with Crippen molar-refractivity contribution < 1.29 is 9.59 Å². The first kappa shape index (κ1) is 20.0.